The molecule has 2 aromatic rings. The minimum atomic E-state index is 0.855. The van der Waals surface area contributed by atoms with Crippen LogP contribution in [0.25, 0.3) is 0 Å². The number of rotatable bonds is 4. The van der Waals surface area contributed by atoms with Gasteiger partial charge in [-0.1, -0.05) is 24.6 Å². The third kappa shape index (κ3) is 3.67. The Kier molecular flexibility index (Phi) is 5.00. The minimum Gasteiger partial charge on any atom is -0.354 e. The molecule has 0 bridgehead atoms. The van der Waals surface area contributed by atoms with E-state index in [0.717, 1.165) is 50.0 Å². The highest BCUT2D eigenvalue weighted by molar-refractivity contribution is 5.66. The summed E-state index contributed by atoms with van der Waals surface area (Å²) < 4.78 is 0. The zero-order valence-electron chi connectivity index (χ0n) is 15.1. The second-order valence-electron chi connectivity index (χ2n) is 6.58. The molecule has 128 valence electrons. The Morgan fingerprint density at radius 1 is 0.958 bits per heavy atom. The average Bonchev–Trinajstić information content (AvgIpc) is 2.58. The fraction of sp³-hybridized carbons (Fsp3) is 0.474. The number of aryl methyl sites for hydroxylation is 3. The minimum absolute atomic E-state index is 0.855. The first-order valence-electron chi connectivity index (χ1n) is 8.71. The highest BCUT2D eigenvalue weighted by atomic mass is 15.3. The first-order valence-corrected chi connectivity index (χ1v) is 8.71. The maximum absolute atomic E-state index is 4.47. The Balaban J connectivity index is 1.77. The smallest absolute Gasteiger partial charge is 0.135 e. The standard InChI is InChI=1S/C19H27N5/c1-5-23-6-8-24(9-7-23)18-12-17(20-13-21-18)22-19-15(3)10-14(2)11-16(19)4/h10-13H,5-9H2,1-4H3,(H,20,21,22). The number of benzene rings is 1. The molecular weight excluding hydrogens is 298 g/mol. The summed E-state index contributed by atoms with van der Waals surface area (Å²) in [4.78, 5) is 13.7. The van der Waals surface area contributed by atoms with Crippen LogP contribution in [0.1, 0.15) is 23.6 Å². The summed E-state index contributed by atoms with van der Waals surface area (Å²) in [5.41, 5.74) is 4.90. The van der Waals surface area contributed by atoms with Crippen molar-refractivity contribution in [2.24, 2.45) is 0 Å². The van der Waals surface area contributed by atoms with Crippen molar-refractivity contribution in [1.29, 1.82) is 0 Å². The number of anilines is 3. The number of piperazine rings is 1. The monoisotopic (exact) mass is 325 g/mol. The Labute approximate surface area is 144 Å². The Bertz CT molecular complexity index is 682. The quantitative estimate of drug-likeness (QED) is 0.934. The van der Waals surface area contributed by atoms with Crippen LogP contribution in [0.2, 0.25) is 0 Å². The molecule has 2 heterocycles. The van der Waals surface area contributed by atoms with Gasteiger partial charge in [-0.3, -0.25) is 0 Å². The molecule has 5 heteroatoms. The van der Waals surface area contributed by atoms with Crippen molar-refractivity contribution >= 4 is 17.3 Å². The van der Waals surface area contributed by atoms with Crippen molar-refractivity contribution in [1.82, 2.24) is 14.9 Å². The third-order valence-electron chi connectivity index (χ3n) is 4.73. The molecular formula is C19H27N5. The molecule has 24 heavy (non-hydrogen) atoms. The first-order chi connectivity index (χ1) is 11.6. The Morgan fingerprint density at radius 3 is 2.25 bits per heavy atom. The van der Waals surface area contributed by atoms with Gasteiger partial charge in [-0.15, -0.1) is 0 Å². The summed E-state index contributed by atoms with van der Waals surface area (Å²) >= 11 is 0. The number of aromatic nitrogens is 2. The largest absolute Gasteiger partial charge is 0.354 e. The van der Waals surface area contributed by atoms with E-state index in [4.69, 9.17) is 0 Å². The maximum Gasteiger partial charge on any atom is 0.135 e. The maximum atomic E-state index is 4.47. The molecule has 1 aromatic heterocycles. The molecule has 1 N–H and O–H groups in total. The lowest BCUT2D eigenvalue weighted by Gasteiger charge is -2.34. The number of hydrogen-bond acceptors (Lipinski definition) is 5. The summed E-state index contributed by atoms with van der Waals surface area (Å²) in [6.07, 6.45) is 1.66. The van der Waals surface area contributed by atoms with Crippen LogP contribution in [0.4, 0.5) is 17.3 Å². The van der Waals surface area contributed by atoms with Crippen molar-refractivity contribution in [2.45, 2.75) is 27.7 Å². The topological polar surface area (TPSA) is 44.3 Å². The molecule has 0 saturated carbocycles. The van der Waals surface area contributed by atoms with Crippen molar-refractivity contribution in [2.75, 3.05) is 42.9 Å². The molecule has 1 aliphatic rings. The summed E-state index contributed by atoms with van der Waals surface area (Å²) in [6.45, 7) is 14.0. The predicted molar refractivity (Wildman–Crippen MR) is 100 cm³/mol. The van der Waals surface area contributed by atoms with Gasteiger partial charge in [0.2, 0.25) is 0 Å². The van der Waals surface area contributed by atoms with E-state index in [1.165, 1.54) is 16.7 Å². The second-order valence-corrected chi connectivity index (χ2v) is 6.58. The molecule has 1 fully saturated rings. The molecule has 0 aliphatic carbocycles. The van der Waals surface area contributed by atoms with Gasteiger partial charge < -0.3 is 15.1 Å². The van der Waals surface area contributed by atoms with Gasteiger partial charge in [-0.2, -0.15) is 0 Å². The highest BCUT2D eigenvalue weighted by Crippen LogP contribution is 2.26. The second kappa shape index (κ2) is 7.18. The van der Waals surface area contributed by atoms with Crippen molar-refractivity contribution in [3.05, 3.63) is 41.2 Å². The van der Waals surface area contributed by atoms with Gasteiger partial charge >= 0.3 is 0 Å². The normalized spacial score (nSPS) is 15.6. The molecule has 1 aliphatic heterocycles. The van der Waals surface area contributed by atoms with Gasteiger partial charge in [0.05, 0.1) is 0 Å². The third-order valence-corrected chi connectivity index (χ3v) is 4.73. The van der Waals surface area contributed by atoms with Crippen LogP contribution in [0, 0.1) is 20.8 Å². The SMILES string of the molecule is CCN1CCN(c2cc(Nc3c(C)cc(C)cc3C)ncn2)CC1. The summed E-state index contributed by atoms with van der Waals surface area (Å²) in [5.74, 6) is 1.86. The van der Waals surface area contributed by atoms with Crippen molar-refractivity contribution in [3.8, 4) is 0 Å². The van der Waals surface area contributed by atoms with Crippen molar-refractivity contribution in [3.63, 3.8) is 0 Å². The van der Waals surface area contributed by atoms with E-state index in [-0.39, 0.29) is 0 Å². The summed E-state index contributed by atoms with van der Waals surface area (Å²) in [5, 5.41) is 3.48. The molecule has 0 unspecified atom stereocenters. The van der Waals surface area contributed by atoms with E-state index < -0.39 is 0 Å². The zero-order valence-corrected chi connectivity index (χ0v) is 15.1. The number of likely N-dealkylation sites (N-methyl/N-ethyl adjacent to an activating group) is 1. The number of nitrogens with one attached hydrogen (secondary N) is 1. The van der Waals surface area contributed by atoms with Crippen LogP contribution in [0.3, 0.4) is 0 Å². The van der Waals surface area contributed by atoms with Gasteiger partial charge in [-0.25, -0.2) is 9.97 Å². The molecule has 0 spiro atoms. The van der Waals surface area contributed by atoms with Gasteiger partial charge in [0.15, 0.2) is 0 Å². The van der Waals surface area contributed by atoms with E-state index >= 15 is 0 Å². The van der Waals surface area contributed by atoms with Gasteiger partial charge in [0.25, 0.3) is 0 Å². The zero-order chi connectivity index (χ0) is 17.1. The Morgan fingerprint density at radius 2 is 1.62 bits per heavy atom. The molecule has 0 atom stereocenters. The first kappa shape index (κ1) is 16.7. The number of hydrogen-bond donors (Lipinski definition) is 1. The van der Waals surface area contributed by atoms with E-state index in [2.05, 4.69) is 71.0 Å². The van der Waals surface area contributed by atoms with Gasteiger partial charge in [0, 0.05) is 37.9 Å². The van der Waals surface area contributed by atoms with E-state index in [9.17, 15) is 0 Å². The summed E-state index contributed by atoms with van der Waals surface area (Å²) in [7, 11) is 0. The van der Waals surface area contributed by atoms with Crippen LogP contribution < -0.4 is 10.2 Å². The molecule has 1 saturated heterocycles. The highest BCUT2D eigenvalue weighted by Gasteiger charge is 2.17. The fourth-order valence-electron chi connectivity index (χ4n) is 3.39. The fourth-order valence-corrected chi connectivity index (χ4v) is 3.39. The van der Waals surface area contributed by atoms with Gasteiger partial charge in [-0.05, 0) is 38.4 Å². The number of nitrogens with zero attached hydrogens (tertiary/aromatic N) is 4. The average molecular weight is 325 g/mol. The van der Waals surface area contributed by atoms with Crippen LogP contribution in [0.15, 0.2) is 24.5 Å². The predicted octanol–water partition coefficient (Wildman–Crippen LogP) is 3.29. The lowest BCUT2D eigenvalue weighted by Crippen LogP contribution is -2.46. The lowest BCUT2D eigenvalue weighted by molar-refractivity contribution is 0.270. The van der Waals surface area contributed by atoms with Crippen LogP contribution in [0.5, 0.6) is 0 Å². The van der Waals surface area contributed by atoms with E-state index in [1.54, 1.807) is 6.33 Å². The molecule has 0 radical (unpaired) electrons. The molecule has 1 aromatic carbocycles. The van der Waals surface area contributed by atoms with Crippen molar-refractivity contribution < 1.29 is 0 Å². The van der Waals surface area contributed by atoms with Gasteiger partial charge in [0.1, 0.15) is 18.0 Å². The molecule has 5 nitrogen and oxygen atoms in total. The lowest BCUT2D eigenvalue weighted by atomic mass is 10.1. The van der Waals surface area contributed by atoms with Crippen LogP contribution in [-0.2, 0) is 0 Å². The van der Waals surface area contributed by atoms with E-state index in [1.807, 2.05) is 0 Å². The summed E-state index contributed by atoms with van der Waals surface area (Å²) in [6, 6.07) is 6.45. The molecule has 3 rings (SSSR count). The van der Waals surface area contributed by atoms with Crippen LogP contribution >= 0.6 is 0 Å². The molecule has 0 amide bonds. The Hall–Kier alpha value is -2.14. The van der Waals surface area contributed by atoms with Crippen LogP contribution in [-0.4, -0.2) is 47.6 Å². The van der Waals surface area contributed by atoms with E-state index in [0.29, 0.717) is 0 Å².